The highest BCUT2D eigenvalue weighted by Crippen LogP contribution is 2.39. The molecule has 1 aromatic heterocycles. The zero-order chi connectivity index (χ0) is 18.0. The topological polar surface area (TPSA) is 72.1 Å². The van der Waals surface area contributed by atoms with Gasteiger partial charge in [0.05, 0.1) is 31.9 Å². The Balaban J connectivity index is 1.89. The standard InChI is InChI=1S/C17H15NO5S2/c1-21-12-6-10(7-13(22-2)15(12)19)8-14-16(20)18(17(24)25-14)9-11-4-3-5-23-11/h3-8,19H,9H2,1-2H3. The van der Waals surface area contributed by atoms with Gasteiger partial charge in [0.25, 0.3) is 5.91 Å². The quantitative estimate of drug-likeness (QED) is 0.632. The molecule has 0 spiro atoms. The lowest BCUT2D eigenvalue weighted by Crippen LogP contribution is -2.27. The van der Waals surface area contributed by atoms with E-state index in [0.717, 1.165) is 0 Å². The summed E-state index contributed by atoms with van der Waals surface area (Å²) in [7, 11) is 2.89. The Hall–Kier alpha value is -2.45. The summed E-state index contributed by atoms with van der Waals surface area (Å²) in [5.74, 6) is 0.892. The number of amides is 1. The molecule has 0 aliphatic carbocycles. The second-order valence-electron chi connectivity index (χ2n) is 5.12. The van der Waals surface area contributed by atoms with Crippen molar-refractivity contribution in [2.24, 2.45) is 0 Å². The zero-order valence-corrected chi connectivity index (χ0v) is 15.1. The Kier molecular flexibility index (Phi) is 5.00. The molecule has 2 aromatic rings. The number of hydrogen-bond donors (Lipinski definition) is 1. The summed E-state index contributed by atoms with van der Waals surface area (Å²) in [6.07, 6.45) is 3.24. The van der Waals surface area contributed by atoms with Crippen LogP contribution in [0.4, 0.5) is 0 Å². The van der Waals surface area contributed by atoms with E-state index in [9.17, 15) is 9.90 Å². The highest BCUT2D eigenvalue weighted by atomic mass is 32.2. The van der Waals surface area contributed by atoms with E-state index in [1.807, 2.05) is 0 Å². The Labute approximate surface area is 154 Å². The zero-order valence-electron chi connectivity index (χ0n) is 13.5. The predicted octanol–water partition coefficient (Wildman–Crippen LogP) is 3.40. The van der Waals surface area contributed by atoms with Crippen LogP contribution in [0.5, 0.6) is 17.2 Å². The average molecular weight is 377 g/mol. The van der Waals surface area contributed by atoms with Crippen molar-refractivity contribution in [3.63, 3.8) is 0 Å². The summed E-state index contributed by atoms with van der Waals surface area (Å²) in [4.78, 5) is 14.6. The molecule has 0 saturated carbocycles. The molecule has 0 radical (unpaired) electrons. The van der Waals surface area contributed by atoms with Crippen LogP contribution >= 0.6 is 24.0 Å². The van der Waals surface area contributed by atoms with Crippen LogP contribution in [0.3, 0.4) is 0 Å². The molecule has 3 rings (SSSR count). The second-order valence-corrected chi connectivity index (χ2v) is 6.80. The lowest BCUT2D eigenvalue weighted by atomic mass is 10.1. The van der Waals surface area contributed by atoms with E-state index in [0.29, 0.717) is 20.5 Å². The summed E-state index contributed by atoms with van der Waals surface area (Å²) in [6.45, 7) is 0.289. The second kappa shape index (κ2) is 7.20. The maximum absolute atomic E-state index is 12.6. The van der Waals surface area contributed by atoms with Crippen molar-refractivity contribution in [2.45, 2.75) is 6.54 Å². The van der Waals surface area contributed by atoms with Gasteiger partial charge in [0.15, 0.2) is 11.5 Å². The van der Waals surface area contributed by atoms with Gasteiger partial charge in [0.1, 0.15) is 10.1 Å². The number of ether oxygens (including phenoxy) is 2. The fourth-order valence-electron chi connectivity index (χ4n) is 2.34. The molecule has 1 N–H and O–H groups in total. The first-order valence-electron chi connectivity index (χ1n) is 7.26. The predicted molar refractivity (Wildman–Crippen MR) is 98.6 cm³/mol. The van der Waals surface area contributed by atoms with Crippen molar-refractivity contribution in [1.29, 1.82) is 0 Å². The highest BCUT2D eigenvalue weighted by Gasteiger charge is 2.32. The van der Waals surface area contributed by atoms with Gasteiger partial charge in [-0.25, -0.2) is 0 Å². The van der Waals surface area contributed by atoms with Crippen molar-refractivity contribution in [2.75, 3.05) is 14.2 Å². The van der Waals surface area contributed by atoms with Crippen molar-refractivity contribution < 1.29 is 23.8 Å². The van der Waals surface area contributed by atoms with E-state index in [1.165, 1.54) is 30.9 Å². The third-order valence-corrected chi connectivity index (χ3v) is 4.95. The molecule has 0 unspecified atom stereocenters. The van der Waals surface area contributed by atoms with Crippen molar-refractivity contribution >= 4 is 40.3 Å². The Morgan fingerprint density at radius 3 is 2.56 bits per heavy atom. The van der Waals surface area contributed by atoms with Crippen LogP contribution < -0.4 is 9.47 Å². The molecular weight excluding hydrogens is 362 g/mol. The maximum atomic E-state index is 12.6. The number of furan rings is 1. The molecule has 6 nitrogen and oxygen atoms in total. The fourth-order valence-corrected chi connectivity index (χ4v) is 3.60. The largest absolute Gasteiger partial charge is 0.502 e. The third kappa shape index (κ3) is 3.49. The molecule has 0 atom stereocenters. The average Bonchev–Trinajstić information content (AvgIpc) is 3.20. The number of aromatic hydroxyl groups is 1. The number of rotatable bonds is 5. The summed E-state index contributed by atoms with van der Waals surface area (Å²) >= 11 is 6.51. The number of thiocarbonyl (C=S) groups is 1. The van der Waals surface area contributed by atoms with Gasteiger partial charge in [-0.15, -0.1) is 0 Å². The molecule has 1 aliphatic heterocycles. The van der Waals surface area contributed by atoms with Crippen LogP contribution in [0.15, 0.2) is 39.9 Å². The molecule has 1 saturated heterocycles. The first kappa shape index (κ1) is 17.4. The van der Waals surface area contributed by atoms with Crippen molar-refractivity contribution in [3.8, 4) is 17.2 Å². The van der Waals surface area contributed by atoms with Gasteiger partial charge < -0.3 is 19.0 Å². The minimum absolute atomic E-state index is 0.0903. The molecule has 1 amide bonds. The smallest absolute Gasteiger partial charge is 0.266 e. The number of hydrogen-bond acceptors (Lipinski definition) is 7. The number of nitrogens with zero attached hydrogens (tertiary/aromatic N) is 1. The molecule has 1 aliphatic rings. The number of phenolic OH excluding ortho intramolecular Hbond substituents is 1. The van der Waals surface area contributed by atoms with Gasteiger partial charge in [-0.1, -0.05) is 24.0 Å². The van der Waals surface area contributed by atoms with Gasteiger partial charge in [-0.05, 0) is 35.9 Å². The normalized spacial score (nSPS) is 15.9. The fraction of sp³-hybridized carbons (Fsp3) is 0.176. The highest BCUT2D eigenvalue weighted by molar-refractivity contribution is 8.26. The number of phenols is 1. The Bertz CT molecular complexity index is 820. The van der Waals surface area contributed by atoms with E-state index < -0.39 is 0 Å². The van der Waals surface area contributed by atoms with E-state index in [1.54, 1.807) is 36.6 Å². The lowest BCUT2D eigenvalue weighted by Gasteiger charge is -2.12. The van der Waals surface area contributed by atoms with Crippen molar-refractivity contribution in [1.82, 2.24) is 4.90 Å². The lowest BCUT2D eigenvalue weighted by molar-refractivity contribution is -0.122. The van der Waals surface area contributed by atoms with Crippen LogP contribution in [0, 0.1) is 0 Å². The molecule has 0 bridgehead atoms. The molecule has 8 heteroatoms. The molecular formula is C17H15NO5S2. The maximum Gasteiger partial charge on any atom is 0.266 e. The van der Waals surface area contributed by atoms with Gasteiger partial charge in [-0.2, -0.15) is 0 Å². The van der Waals surface area contributed by atoms with Crippen molar-refractivity contribution in [3.05, 3.63) is 46.8 Å². The molecule has 130 valence electrons. The first-order chi connectivity index (χ1) is 12.0. The molecule has 25 heavy (non-hydrogen) atoms. The minimum atomic E-state index is -0.197. The van der Waals surface area contributed by atoms with Gasteiger partial charge in [0.2, 0.25) is 5.75 Å². The van der Waals surface area contributed by atoms with E-state index >= 15 is 0 Å². The first-order valence-corrected chi connectivity index (χ1v) is 8.48. The van der Waals surface area contributed by atoms with Gasteiger partial charge in [-0.3, -0.25) is 9.69 Å². The van der Waals surface area contributed by atoms with E-state index in [4.69, 9.17) is 26.1 Å². The summed E-state index contributed by atoms with van der Waals surface area (Å²) in [6, 6.07) is 6.80. The van der Waals surface area contributed by atoms with Crippen LogP contribution in [0.25, 0.3) is 6.08 Å². The number of carbonyl (C=O) groups is 1. The summed E-state index contributed by atoms with van der Waals surface area (Å²) in [5, 5.41) is 9.97. The number of methoxy groups -OCH3 is 2. The van der Waals surface area contributed by atoms with Gasteiger partial charge >= 0.3 is 0 Å². The minimum Gasteiger partial charge on any atom is -0.502 e. The third-order valence-electron chi connectivity index (χ3n) is 3.57. The van der Waals surface area contributed by atoms with E-state index in [-0.39, 0.29) is 29.7 Å². The van der Waals surface area contributed by atoms with Crippen LogP contribution in [-0.4, -0.2) is 34.5 Å². The Morgan fingerprint density at radius 2 is 2.00 bits per heavy atom. The van der Waals surface area contributed by atoms with Crippen LogP contribution in [0.1, 0.15) is 11.3 Å². The molecule has 2 heterocycles. The summed E-state index contributed by atoms with van der Waals surface area (Å²) < 4.78 is 16.0. The Morgan fingerprint density at radius 1 is 1.32 bits per heavy atom. The van der Waals surface area contributed by atoms with Gasteiger partial charge in [0, 0.05) is 0 Å². The van der Waals surface area contributed by atoms with Crippen LogP contribution in [0.2, 0.25) is 0 Å². The number of benzene rings is 1. The van der Waals surface area contributed by atoms with Crippen LogP contribution in [-0.2, 0) is 11.3 Å². The number of thioether (sulfide) groups is 1. The molecule has 1 fully saturated rings. The SMILES string of the molecule is COc1cc(C=C2SC(=S)N(Cc3ccco3)C2=O)cc(OC)c1O. The molecule has 1 aromatic carbocycles. The monoisotopic (exact) mass is 377 g/mol. The van der Waals surface area contributed by atoms with E-state index in [2.05, 4.69) is 0 Å². The summed E-state index contributed by atoms with van der Waals surface area (Å²) in [5.41, 5.74) is 0.657. The number of carbonyl (C=O) groups excluding carboxylic acids is 1.